The monoisotopic (exact) mass is 328 g/mol. The first-order valence-corrected chi connectivity index (χ1v) is 8.54. The van der Waals surface area contributed by atoms with E-state index >= 15 is 0 Å². The van der Waals surface area contributed by atoms with Crippen molar-refractivity contribution in [3.63, 3.8) is 0 Å². The van der Waals surface area contributed by atoms with Gasteiger partial charge in [0.1, 0.15) is 5.41 Å². The number of primary amides is 1. The molecule has 2 atom stereocenters. The van der Waals surface area contributed by atoms with E-state index in [1.165, 1.54) is 0 Å². The van der Waals surface area contributed by atoms with Gasteiger partial charge in [0.2, 0.25) is 11.8 Å². The number of rotatable bonds is 10. The molecular formula is C17H32N2O4. The Bertz CT molecular complexity index is 401. The Kier molecular flexibility index (Phi) is 7.02. The fraction of sp³-hybridized carbons (Fsp3) is 0.882. The van der Waals surface area contributed by atoms with Crippen LogP contribution in [0.25, 0.3) is 0 Å². The topological polar surface area (TPSA) is 104 Å². The molecule has 134 valence electrons. The largest absolute Gasteiger partial charge is 0.394 e. The lowest BCUT2D eigenvalue weighted by molar-refractivity contribution is -0.150. The highest BCUT2D eigenvalue weighted by Gasteiger charge is 2.58. The van der Waals surface area contributed by atoms with E-state index in [1.54, 1.807) is 4.90 Å². The van der Waals surface area contributed by atoms with Crippen LogP contribution in [-0.2, 0) is 9.59 Å². The minimum Gasteiger partial charge on any atom is -0.394 e. The van der Waals surface area contributed by atoms with Crippen molar-refractivity contribution in [3.8, 4) is 0 Å². The molecule has 0 aliphatic heterocycles. The van der Waals surface area contributed by atoms with E-state index in [1.807, 2.05) is 27.7 Å². The van der Waals surface area contributed by atoms with Gasteiger partial charge in [-0.15, -0.1) is 0 Å². The Labute approximate surface area is 139 Å². The van der Waals surface area contributed by atoms with Gasteiger partial charge in [-0.1, -0.05) is 27.7 Å². The summed E-state index contributed by atoms with van der Waals surface area (Å²) >= 11 is 0. The summed E-state index contributed by atoms with van der Waals surface area (Å²) < 4.78 is 0. The van der Waals surface area contributed by atoms with Crippen LogP contribution in [0.3, 0.4) is 0 Å². The van der Waals surface area contributed by atoms with E-state index in [9.17, 15) is 19.8 Å². The molecule has 0 aromatic heterocycles. The summed E-state index contributed by atoms with van der Waals surface area (Å²) in [5, 5.41) is 19.6. The first kappa shape index (κ1) is 19.9. The van der Waals surface area contributed by atoms with Crippen LogP contribution in [0.2, 0.25) is 0 Å². The number of hydrogen-bond donors (Lipinski definition) is 3. The normalized spacial score (nSPS) is 18.8. The molecule has 1 fully saturated rings. The van der Waals surface area contributed by atoms with Gasteiger partial charge < -0.3 is 20.8 Å². The third kappa shape index (κ3) is 4.67. The van der Waals surface area contributed by atoms with E-state index in [2.05, 4.69) is 0 Å². The molecule has 0 unspecified atom stereocenters. The number of nitrogens with two attached hydrogens (primary N) is 1. The highest BCUT2D eigenvalue weighted by Crippen LogP contribution is 2.48. The van der Waals surface area contributed by atoms with Crippen molar-refractivity contribution in [2.75, 3.05) is 13.2 Å². The van der Waals surface area contributed by atoms with Crippen LogP contribution in [0.5, 0.6) is 0 Å². The predicted molar refractivity (Wildman–Crippen MR) is 88.4 cm³/mol. The molecule has 1 saturated carbocycles. The van der Waals surface area contributed by atoms with Crippen LogP contribution in [0.4, 0.5) is 0 Å². The van der Waals surface area contributed by atoms with Crippen molar-refractivity contribution < 1.29 is 19.8 Å². The Morgan fingerprint density at radius 2 is 1.39 bits per heavy atom. The molecule has 1 aliphatic rings. The van der Waals surface area contributed by atoms with Crippen molar-refractivity contribution in [1.29, 1.82) is 0 Å². The average molecular weight is 328 g/mol. The Morgan fingerprint density at radius 1 is 1.00 bits per heavy atom. The highest BCUT2D eigenvalue weighted by atomic mass is 16.3. The van der Waals surface area contributed by atoms with Crippen molar-refractivity contribution in [2.45, 2.75) is 65.5 Å². The van der Waals surface area contributed by atoms with Crippen molar-refractivity contribution in [2.24, 2.45) is 23.0 Å². The maximum atomic E-state index is 13.0. The molecule has 0 spiro atoms. The maximum Gasteiger partial charge on any atom is 0.238 e. The molecule has 0 bridgehead atoms. The zero-order valence-electron chi connectivity index (χ0n) is 14.8. The standard InChI is InChI=1S/C17H32N2O4/c1-11(2)7-13(9-20)19(14(10-21)8-12(3)4)16(23)17(5-6-17)15(18)22/h11-14,20-21H,5-10H2,1-4H3,(H2,18,22)/t13-,14-/m1/s1. The lowest BCUT2D eigenvalue weighted by Crippen LogP contribution is -2.55. The molecule has 1 rings (SSSR count). The second kappa shape index (κ2) is 8.11. The van der Waals surface area contributed by atoms with E-state index in [4.69, 9.17) is 5.73 Å². The third-order valence-electron chi connectivity index (χ3n) is 4.56. The lowest BCUT2D eigenvalue weighted by Gasteiger charge is -2.40. The summed E-state index contributed by atoms with van der Waals surface area (Å²) in [5.74, 6) is -0.367. The number of hydrogen-bond acceptors (Lipinski definition) is 4. The van der Waals surface area contributed by atoms with Crippen LogP contribution in [0.15, 0.2) is 0 Å². The van der Waals surface area contributed by atoms with E-state index in [0.29, 0.717) is 25.7 Å². The van der Waals surface area contributed by atoms with Gasteiger partial charge >= 0.3 is 0 Å². The molecule has 0 radical (unpaired) electrons. The Hall–Kier alpha value is -1.14. The van der Waals surface area contributed by atoms with Gasteiger partial charge in [-0.25, -0.2) is 0 Å². The number of carbonyl (C=O) groups excluding carboxylic acids is 2. The zero-order valence-corrected chi connectivity index (χ0v) is 14.8. The number of aliphatic hydroxyl groups is 2. The summed E-state index contributed by atoms with van der Waals surface area (Å²) in [6, 6.07) is -0.814. The quantitative estimate of drug-likeness (QED) is 0.518. The summed E-state index contributed by atoms with van der Waals surface area (Å²) in [6.45, 7) is 7.69. The molecule has 0 aromatic rings. The minimum atomic E-state index is -1.13. The molecule has 4 N–H and O–H groups in total. The second-order valence-corrected chi connectivity index (χ2v) is 7.59. The van der Waals surface area contributed by atoms with Gasteiger partial charge in [0.25, 0.3) is 0 Å². The number of carbonyl (C=O) groups is 2. The molecule has 6 nitrogen and oxygen atoms in total. The van der Waals surface area contributed by atoms with Gasteiger partial charge in [-0.05, 0) is 37.5 Å². The predicted octanol–water partition coefficient (Wildman–Crippen LogP) is 0.894. The van der Waals surface area contributed by atoms with Crippen LogP contribution in [0, 0.1) is 17.3 Å². The van der Waals surface area contributed by atoms with E-state index in [0.717, 1.165) is 0 Å². The average Bonchev–Trinajstić information content (AvgIpc) is 3.25. The smallest absolute Gasteiger partial charge is 0.238 e. The zero-order chi connectivity index (χ0) is 17.8. The molecule has 2 amide bonds. The molecular weight excluding hydrogens is 296 g/mol. The fourth-order valence-electron chi connectivity index (χ4n) is 3.21. The summed E-state index contributed by atoms with van der Waals surface area (Å²) in [4.78, 5) is 26.3. The first-order valence-electron chi connectivity index (χ1n) is 8.54. The number of amides is 2. The van der Waals surface area contributed by atoms with Crippen molar-refractivity contribution >= 4 is 11.8 Å². The van der Waals surface area contributed by atoms with E-state index < -0.39 is 23.4 Å². The van der Waals surface area contributed by atoms with Gasteiger partial charge in [-0.2, -0.15) is 0 Å². The van der Waals surface area contributed by atoms with Crippen molar-refractivity contribution in [3.05, 3.63) is 0 Å². The van der Waals surface area contributed by atoms with Crippen LogP contribution >= 0.6 is 0 Å². The summed E-state index contributed by atoms with van der Waals surface area (Å²) in [6.07, 6.45) is 2.14. The second-order valence-electron chi connectivity index (χ2n) is 7.59. The van der Waals surface area contributed by atoms with Gasteiger partial charge in [0, 0.05) is 0 Å². The number of aliphatic hydroxyl groups excluding tert-OH is 2. The molecule has 0 saturated heterocycles. The SMILES string of the molecule is CC(C)C[C@H](CO)N(C(=O)C1(C(N)=O)CC1)[C@@H](CO)CC(C)C. The van der Waals surface area contributed by atoms with E-state index in [-0.39, 0.29) is 31.0 Å². The van der Waals surface area contributed by atoms with Gasteiger partial charge in [0.15, 0.2) is 0 Å². The Morgan fingerprint density at radius 3 is 1.61 bits per heavy atom. The molecule has 0 aromatic carbocycles. The number of nitrogens with zero attached hydrogens (tertiary/aromatic N) is 1. The summed E-state index contributed by atoms with van der Waals surface area (Å²) in [7, 11) is 0. The molecule has 1 aliphatic carbocycles. The maximum absolute atomic E-state index is 13.0. The van der Waals surface area contributed by atoms with Crippen LogP contribution < -0.4 is 5.73 Å². The van der Waals surface area contributed by atoms with Gasteiger partial charge in [0.05, 0.1) is 25.3 Å². The highest BCUT2D eigenvalue weighted by molar-refractivity contribution is 6.07. The lowest BCUT2D eigenvalue weighted by atomic mass is 9.94. The van der Waals surface area contributed by atoms with Gasteiger partial charge in [-0.3, -0.25) is 9.59 Å². The first-order chi connectivity index (χ1) is 10.7. The minimum absolute atomic E-state index is 0.187. The van der Waals surface area contributed by atoms with Crippen LogP contribution in [-0.4, -0.2) is 52.2 Å². The van der Waals surface area contributed by atoms with Crippen molar-refractivity contribution in [1.82, 2.24) is 4.90 Å². The fourth-order valence-corrected chi connectivity index (χ4v) is 3.21. The molecule has 23 heavy (non-hydrogen) atoms. The molecule has 0 heterocycles. The van der Waals surface area contributed by atoms with Crippen LogP contribution in [0.1, 0.15) is 53.4 Å². The Balaban J connectivity index is 3.13. The third-order valence-corrected chi connectivity index (χ3v) is 4.56. The summed E-state index contributed by atoms with van der Waals surface area (Å²) in [5.41, 5.74) is 4.32. The molecule has 6 heteroatoms.